The molecule has 2 aliphatic carbocycles. The molecule has 2 aliphatic rings. The van der Waals surface area contributed by atoms with Gasteiger partial charge in [0.1, 0.15) is 5.82 Å². The zero-order chi connectivity index (χ0) is 12.7. The van der Waals surface area contributed by atoms with Crippen molar-refractivity contribution in [3.05, 3.63) is 23.9 Å². The minimum atomic E-state index is -1.09. The molecule has 2 unspecified atom stereocenters. The quantitative estimate of drug-likeness (QED) is 0.851. The van der Waals surface area contributed by atoms with Crippen molar-refractivity contribution in [3.63, 3.8) is 0 Å². The average molecular weight is 246 g/mol. The monoisotopic (exact) mass is 246 g/mol. The summed E-state index contributed by atoms with van der Waals surface area (Å²) in [5, 5.41) is 11.5. The fraction of sp³-hybridized carbons (Fsp3) is 0.462. The van der Waals surface area contributed by atoms with E-state index < -0.39 is 5.97 Å². The maximum atomic E-state index is 12.0. The highest BCUT2D eigenvalue weighted by Gasteiger charge is 2.48. The SMILES string of the molecule is O=C(O)c1cccc(NC(=O)C2CC3CC3C2)n1. The second-order valence-electron chi connectivity index (χ2n) is 5.13. The first-order chi connectivity index (χ1) is 8.63. The van der Waals surface area contributed by atoms with Crippen molar-refractivity contribution in [2.24, 2.45) is 17.8 Å². The molecule has 0 aromatic carbocycles. The number of hydrogen-bond donors (Lipinski definition) is 2. The number of anilines is 1. The summed E-state index contributed by atoms with van der Waals surface area (Å²) in [5.74, 6) is 0.771. The smallest absolute Gasteiger partial charge is 0.354 e. The van der Waals surface area contributed by atoms with Crippen LogP contribution in [0.15, 0.2) is 18.2 Å². The van der Waals surface area contributed by atoms with E-state index in [1.807, 2.05) is 0 Å². The Morgan fingerprint density at radius 3 is 2.61 bits per heavy atom. The first-order valence-corrected chi connectivity index (χ1v) is 6.14. The third-order valence-electron chi connectivity index (χ3n) is 3.83. The summed E-state index contributed by atoms with van der Waals surface area (Å²) in [5.41, 5.74) is -0.0536. The molecule has 0 bridgehead atoms. The molecule has 0 aliphatic heterocycles. The molecule has 5 heteroatoms. The van der Waals surface area contributed by atoms with Gasteiger partial charge in [0, 0.05) is 5.92 Å². The highest BCUT2D eigenvalue weighted by molar-refractivity contribution is 5.93. The summed E-state index contributed by atoms with van der Waals surface area (Å²) in [7, 11) is 0. The van der Waals surface area contributed by atoms with Crippen molar-refractivity contribution >= 4 is 17.7 Å². The molecule has 2 fully saturated rings. The summed E-state index contributed by atoms with van der Waals surface area (Å²) in [4.78, 5) is 26.6. The normalized spacial score (nSPS) is 28.6. The van der Waals surface area contributed by atoms with Gasteiger partial charge < -0.3 is 10.4 Å². The Morgan fingerprint density at radius 1 is 1.22 bits per heavy atom. The van der Waals surface area contributed by atoms with E-state index in [0.717, 1.165) is 24.7 Å². The predicted octanol–water partition coefficient (Wildman–Crippen LogP) is 1.76. The van der Waals surface area contributed by atoms with E-state index in [-0.39, 0.29) is 17.5 Å². The van der Waals surface area contributed by atoms with Gasteiger partial charge in [-0.05, 0) is 43.2 Å². The molecule has 2 atom stereocenters. The number of hydrogen-bond acceptors (Lipinski definition) is 3. The Labute approximate surface area is 104 Å². The summed E-state index contributed by atoms with van der Waals surface area (Å²) in [6, 6.07) is 4.60. The van der Waals surface area contributed by atoms with Crippen LogP contribution in [0.2, 0.25) is 0 Å². The fourth-order valence-corrected chi connectivity index (χ4v) is 2.78. The molecule has 94 valence electrons. The van der Waals surface area contributed by atoms with E-state index in [1.54, 1.807) is 12.1 Å². The lowest BCUT2D eigenvalue weighted by Gasteiger charge is -2.11. The maximum Gasteiger partial charge on any atom is 0.354 e. The van der Waals surface area contributed by atoms with Crippen LogP contribution in [-0.4, -0.2) is 22.0 Å². The van der Waals surface area contributed by atoms with Gasteiger partial charge >= 0.3 is 5.97 Å². The van der Waals surface area contributed by atoms with Crippen LogP contribution in [0, 0.1) is 17.8 Å². The standard InChI is InChI=1S/C13H14N2O3/c16-12(9-5-7-4-8(7)6-9)15-11-3-1-2-10(14-11)13(17)18/h1-3,7-9H,4-6H2,(H,17,18)(H,14,15,16). The van der Waals surface area contributed by atoms with Crippen LogP contribution in [0.3, 0.4) is 0 Å². The largest absolute Gasteiger partial charge is 0.477 e. The number of aromatic nitrogens is 1. The van der Waals surface area contributed by atoms with Crippen LogP contribution in [0.4, 0.5) is 5.82 Å². The van der Waals surface area contributed by atoms with E-state index >= 15 is 0 Å². The number of pyridine rings is 1. The zero-order valence-corrected chi connectivity index (χ0v) is 9.80. The van der Waals surface area contributed by atoms with Gasteiger partial charge in [0.2, 0.25) is 5.91 Å². The van der Waals surface area contributed by atoms with Gasteiger partial charge in [-0.1, -0.05) is 6.07 Å². The van der Waals surface area contributed by atoms with Gasteiger partial charge in [-0.25, -0.2) is 9.78 Å². The summed E-state index contributed by atoms with van der Waals surface area (Å²) in [6.07, 6.45) is 3.21. The highest BCUT2D eigenvalue weighted by atomic mass is 16.4. The second-order valence-corrected chi connectivity index (χ2v) is 5.13. The highest BCUT2D eigenvalue weighted by Crippen LogP contribution is 2.54. The molecule has 0 spiro atoms. The molecular formula is C13H14N2O3. The van der Waals surface area contributed by atoms with Crippen LogP contribution >= 0.6 is 0 Å². The number of carbonyl (C=O) groups excluding carboxylic acids is 1. The number of nitrogens with one attached hydrogen (secondary N) is 1. The Bertz CT molecular complexity index is 505. The molecule has 0 saturated heterocycles. The first kappa shape index (κ1) is 11.2. The van der Waals surface area contributed by atoms with E-state index in [4.69, 9.17) is 5.11 Å². The Balaban J connectivity index is 1.66. The average Bonchev–Trinajstić information content (AvgIpc) is 2.96. The van der Waals surface area contributed by atoms with Crippen molar-refractivity contribution in [1.82, 2.24) is 4.98 Å². The minimum Gasteiger partial charge on any atom is -0.477 e. The third-order valence-corrected chi connectivity index (χ3v) is 3.83. The lowest BCUT2D eigenvalue weighted by Crippen LogP contribution is -2.22. The first-order valence-electron chi connectivity index (χ1n) is 6.14. The molecule has 3 rings (SSSR count). The molecule has 2 saturated carbocycles. The minimum absolute atomic E-state index is 0.0303. The molecule has 1 amide bonds. The van der Waals surface area contributed by atoms with Gasteiger partial charge in [-0.2, -0.15) is 0 Å². The van der Waals surface area contributed by atoms with E-state index in [2.05, 4.69) is 10.3 Å². The Hall–Kier alpha value is -1.91. The molecule has 18 heavy (non-hydrogen) atoms. The molecule has 2 N–H and O–H groups in total. The van der Waals surface area contributed by atoms with E-state index in [9.17, 15) is 9.59 Å². The third kappa shape index (κ3) is 2.08. The van der Waals surface area contributed by atoms with Gasteiger partial charge in [-0.3, -0.25) is 4.79 Å². The van der Waals surface area contributed by atoms with Gasteiger partial charge in [0.25, 0.3) is 0 Å². The lowest BCUT2D eigenvalue weighted by atomic mass is 10.0. The van der Waals surface area contributed by atoms with Crippen LogP contribution in [0.1, 0.15) is 29.8 Å². The van der Waals surface area contributed by atoms with E-state index in [1.165, 1.54) is 12.5 Å². The summed E-state index contributed by atoms with van der Waals surface area (Å²) < 4.78 is 0. The number of nitrogens with zero attached hydrogens (tertiary/aromatic N) is 1. The Kier molecular flexibility index (Phi) is 2.54. The molecule has 1 heterocycles. The molecular weight excluding hydrogens is 232 g/mol. The number of rotatable bonds is 3. The van der Waals surface area contributed by atoms with Crippen molar-refractivity contribution in [3.8, 4) is 0 Å². The van der Waals surface area contributed by atoms with Gasteiger partial charge in [-0.15, -0.1) is 0 Å². The fourth-order valence-electron chi connectivity index (χ4n) is 2.78. The summed E-state index contributed by atoms with van der Waals surface area (Å²) in [6.45, 7) is 0. The summed E-state index contributed by atoms with van der Waals surface area (Å²) >= 11 is 0. The number of aromatic carboxylic acids is 1. The number of fused-ring (bicyclic) bond motifs is 1. The predicted molar refractivity (Wildman–Crippen MR) is 64.1 cm³/mol. The number of carboxylic acids is 1. The maximum absolute atomic E-state index is 12.0. The molecule has 1 aromatic rings. The lowest BCUT2D eigenvalue weighted by molar-refractivity contribution is -0.120. The van der Waals surface area contributed by atoms with Crippen molar-refractivity contribution in [2.45, 2.75) is 19.3 Å². The van der Waals surface area contributed by atoms with Gasteiger partial charge in [0.05, 0.1) is 0 Å². The van der Waals surface area contributed by atoms with Gasteiger partial charge in [0.15, 0.2) is 5.69 Å². The van der Waals surface area contributed by atoms with Crippen molar-refractivity contribution < 1.29 is 14.7 Å². The topological polar surface area (TPSA) is 79.3 Å². The van der Waals surface area contributed by atoms with Crippen molar-refractivity contribution in [2.75, 3.05) is 5.32 Å². The number of carboxylic acid groups (broad SMARTS) is 1. The Morgan fingerprint density at radius 2 is 1.94 bits per heavy atom. The van der Waals surface area contributed by atoms with Crippen LogP contribution in [0.25, 0.3) is 0 Å². The van der Waals surface area contributed by atoms with Crippen molar-refractivity contribution in [1.29, 1.82) is 0 Å². The van der Waals surface area contributed by atoms with Crippen LogP contribution in [-0.2, 0) is 4.79 Å². The van der Waals surface area contributed by atoms with Crippen LogP contribution < -0.4 is 5.32 Å². The number of amides is 1. The molecule has 1 aromatic heterocycles. The number of carbonyl (C=O) groups is 2. The second kappa shape index (κ2) is 4.08. The zero-order valence-electron chi connectivity index (χ0n) is 9.80. The molecule has 0 radical (unpaired) electrons. The molecule has 5 nitrogen and oxygen atoms in total. The van der Waals surface area contributed by atoms with Crippen LogP contribution in [0.5, 0.6) is 0 Å². The van der Waals surface area contributed by atoms with E-state index in [0.29, 0.717) is 5.82 Å².